The molecule has 0 N–H and O–H groups in total. The maximum atomic E-state index is 10.5. The summed E-state index contributed by atoms with van der Waals surface area (Å²) in [7, 11) is 0. The molecule has 13 heavy (non-hydrogen) atoms. The third-order valence-electron chi connectivity index (χ3n) is 1.58. The Labute approximate surface area is 81.7 Å². The molecule has 2 nitrogen and oxygen atoms in total. The van der Waals surface area contributed by atoms with Crippen molar-refractivity contribution >= 4 is 5.97 Å². The van der Waals surface area contributed by atoms with Gasteiger partial charge in [-0.2, -0.15) is 0 Å². The normalized spacial score (nSPS) is 10.8. The Kier molecular flexibility index (Phi) is 12.3. The summed E-state index contributed by atoms with van der Waals surface area (Å²) in [5, 5.41) is 0. The van der Waals surface area contributed by atoms with E-state index in [0.29, 0.717) is 0 Å². The molecule has 0 aliphatic heterocycles. The van der Waals surface area contributed by atoms with E-state index in [1.165, 1.54) is 19.8 Å². The van der Waals surface area contributed by atoms with Gasteiger partial charge in [0.15, 0.2) is 0 Å². The number of hydrogen-bond acceptors (Lipinski definition) is 2. The van der Waals surface area contributed by atoms with Gasteiger partial charge in [-0.05, 0) is 19.8 Å². The van der Waals surface area contributed by atoms with Crippen LogP contribution in [0.1, 0.15) is 46.5 Å². The topological polar surface area (TPSA) is 26.3 Å². The highest BCUT2D eigenvalue weighted by atomic mass is 16.5. The van der Waals surface area contributed by atoms with Gasteiger partial charge in [0, 0.05) is 6.92 Å². The van der Waals surface area contributed by atoms with E-state index in [1.807, 2.05) is 6.92 Å². The summed E-state index contributed by atoms with van der Waals surface area (Å²) in [6.07, 6.45) is 13.7. The number of unbranched alkanes of at least 4 members (excludes halogenated alkanes) is 2. The van der Waals surface area contributed by atoms with Gasteiger partial charge in [-0.25, -0.2) is 0 Å². The quantitative estimate of drug-likeness (QED) is 0.283. The molecule has 0 amide bonds. The first-order valence-corrected chi connectivity index (χ1v) is 4.63. The molecule has 0 heterocycles. The van der Waals surface area contributed by atoms with Gasteiger partial charge in [0.1, 0.15) is 0 Å². The summed E-state index contributed by atoms with van der Waals surface area (Å²) in [4.78, 5) is 10.5. The van der Waals surface area contributed by atoms with Crippen LogP contribution in [0.25, 0.3) is 0 Å². The van der Waals surface area contributed by atoms with Gasteiger partial charge in [-0.1, -0.05) is 19.8 Å². The maximum Gasteiger partial charge on any atom is 0.302 e. The lowest BCUT2D eigenvalue weighted by atomic mass is 10.1. The van der Waals surface area contributed by atoms with Gasteiger partial charge in [-0.3, -0.25) is 4.79 Å². The van der Waals surface area contributed by atoms with Crippen LogP contribution in [-0.4, -0.2) is 12.1 Å². The first kappa shape index (κ1) is 14.5. The highest BCUT2D eigenvalue weighted by Crippen LogP contribution is 2.05. The fourth-order valence-electron chi connectivity index (χ4n) is 1.02. The Morgan fingerprint density at radius 2 is 2.00 bits per heavy atom. The zero-order valence-electron chi connectivity index (χ0n) is 8.80. The van der Waals surface area contributed by atoms with Crippen molar-refractivity contribution in [3.63, 3.8) is 0 Å². The number of esters is 1. The van der Waals surface area contributed by atoms with Crippen LogP contribution in [0, 0.1) is 12.8 Å². The van der Waals surface area contributed by atoms with E-state index in [2.05, 4.69) is 13.3 Å². The third kappa shape index (κ3) is 13.9. The minimum atomic E-state index is -0.172. The molecule has 0 radical (unpaired) electrons. The van der Waals surface area contributed by atoms with Gasteiger partial charge in [0.2, 0.25) is 0 Å². The Hall–Kier alpha value is -0.970. The number of carbonyl (C=O) groups is 1. The lowest BCUT2D eigenvalue weighted by Gasteiger charge is -2.10. The molecule has 76 valence electrons. The fourth-order valence-corrected chi connectivity index (χ4v) is 1.02. The molecular weight excluding hydrogens is 164 g/mol. The van der Waals surface area contributed by atoms with E-state index in [-0.39, 0.29) is 12.1 Å². The minimum Gasteiger partial charge on any atom is -0.697 e. The van der Waals surface area contributed by atoms with Crippen molar-refractivity contribution in [1.82, 2.24) is 0 Å². The number of terminal acetylenes is 1. The fraction of sp³-hybridized carbons (Fsp3) is 0.727. The molecule has 0 saturated heterocycles. The minimum absolute atomic E-state index is 0.0963. The Balaban J connectivity index is 0. The average molecular weight is 183 g/mol. The van der Waals surface area contributed by atoms with Crippen LogP contribution in [0.3, 0.4) is 0 Å². The van der Waals surface area contributed by atoms with Crippen LogP contribution >= 0.6 is 0 Å². The van der Waals surface area contributed by atoms with E-state index in [0.717, 1.165) is 12.8 Å². The van der Waals surface area contributed by atoms with E-state index in [4.69, 9.17) is 11.2 Å². The summed E-state index contributed by atoms with van der Waals surface area (Å²) in [6.45, 7) is 5.56. The van der Waals surface area contributed by atoms with Crippen molar-refractivity contribution < 1.29 is 9.53 Å². The van der Waals surface area contributed by atoms with Crippen LogP contribution in [0.4, 0.5) is 0 Å². The van der Waals surface area contributed by atoms with E-state index in [9.17, 15) is 4.79 Å². The number of rotatable bonds is 5. The molecule has 1 atom stereocenters. The van der Waals surface area contributed by atoms with Gasteiger partial charge in [0.05, 0.1) is 6.10 Å². The first-order chi connectivity index (χ1) is 6.16. The van der Waals surface area contributed by atoms with Crippen molar-refractivity contribution in [1.29, 1.82) is 0 Å². The Morgan fingerprint density at radius 1 is 1.46 bits per heavy atom. The van der Waals surface area contributed by atoms with Crippen LogP contribution in [-0.2, 0) is 9.53 Å². The van der Waals surface area contributed by atoms with E-state index in [1.54, 1.807) is 0 Å². The SMILES string of the molecule is CCCCC[C@@H](C)OC(C)=O.[C-]#C. The maximum absolute atomic E-state index is 10.5. The molecule has 0 unspecified atom stereocenters. The molecule has 0 aromatic heterocycles. The second kappa shape index (κ2) is 11.0. The first-order valence-electron chi connectivity index (χ1n) is 4.63. The monoisotopic (exact) mass is 183 g/mol. The summed E-state index contributed by atoms with van der Waals surface area (Å²) < 4.78 is 4.96. The van der Waals surface area contributed by atoms with Crippen molar-refractivity contribution in [2.45, 2.75) is 52.6 Å². The zero-order chi connectivity index (χ0) is 10.7. The highest BCUT2D eigenvalue weighted by Gasteiger charge is 2.03. The Bertz CT molecular complexity index is 138. The molecule has 0 spiro atoms. The molecule has 0 saturated carbocycles. The van der Waals surface area contributed by atoms with E-state index < -0.39 is 0 Å². The van der Waals surface area contributed by atoms with Gasteiger partial charge in [0.25, 0.3) is 0 Å². The van der Waals surface area contributed by atoms with Crippen molar-refractivity contribution in [2.75, 3.05) is 0 Å². The summed E-state index contributed by atoms with van der Waals surface area (Å²) in [5.41, 5.74) is 0. The van der Waals surface area contributed by atoms with Crippen LogP contribution in [0.5, 0.6) is 0 Å². The zero-order valence-corrected chi connectivity index (χ0v) is 8.80. The van der Waals surface area contributed by atoms with Gasteiger partial charge < -0.3 is 17.6 Å². The van der Waals surface area contributed by atoms with Crippen molar-refractivity contribution in [2.24, 2.45) is 0 Å². The second-order valence-electron chi connectivity index (χ2n) is 2.92. The molecule has 0 aromatic carbocycles. The largest absolute Gasteiger partial charge is 0.697 e. The summed E-state index contributed by atoms with van der Waals surface area (Å²) in [5.74, 6) is -0.172. The third-order valence-corrected chi connectivity index (χ3v) is 1.58. The van der Waals surface area contributed by atoms with Crippen LogP contribution in [0.2, 0.25) is 0 Å². The number of ether oxygens (including phenoxy) is 1. The van der Waals surface area contributed by atoms with Crippen LogP contribution in [0.15, 0.2) is 0 Å². The molecule has 0 aliphatic carbocycles. The second-order valence-corrected chi connectivity index (χ2v) is 2.92. The lowest BCUT2D eigenvalue weighted by Crippen LogP contribution is -2.11. The van der Waals surface area contributed by atoms with Crippen LogP contribution < -0.4 is 0 Å². The van der Waals surface area contributed by atoms with Gasteiger partial charge >= 0.3 is 5.97 Å². The molecular formula is C11H19O2-. The average Bonchev–Trinajstić information content (AvgIpc) is 2.07. The molecule has 0 aromatic rings. The standard InChI is InChI=1S/C9H18O2.C2H/c1-4-5-6-7-8(2)11-9(3)10;1-2/h8H,4-7H2,1-3H3;1H/q;-1/t8-;/m1./s1. The predicted octanol–water partition coefficient (Wildman–Crippen LogP) is 2.72. The predicted molar refractivity (Wildman–Crippen MR) is 53.6 cm³/mol. The van der Waals surface area contributed by atoms with Crippen molar-refractivity contribution in [3.05, 3.63) is 6.42 Å². The van der Waals surface area contributed by atoms with E-state index >= 15 is 0 Å². The van der Waals surface area contributed by atoms with Crippen molar-refractivity contribution in [3.8, 4) is 6.42 Å². The highest BCUT2D eigenvalue weighted by molar-refractivity contribution is 5.66. The smallest absolute Gasteiger partial charge is 0.302 e. The summed E-state index contributed by atoms with van der Waals surface area (Å²) >= 11 is 0. The molecule has 0 fully saturated rings. The number of hydrogen-bond donors (Lipinski definition) is 0. The molecule has 2 heteroatoms. The lowest BCUT2D eigenvalue weighted by molar-refractivity contribution is -0.145. The molecule has 0 rings (SSSR count). The summed E-state index contributed by atoms with van der Waals surface area (Å²) in [6, 6.07) is 0. The van der Waals surface area contributed by atoms with Gasteiger partial charge in [-0.15, -0.1) is 0 Å². The molecule has 0 bridgehead atoms. The Morgan fingerprint density at radius 3 is 2.38 bits per heavy atom. The molecule has 0 aliphatic rings. The number of carbonyl (C=O) groups excluding carboxylic acids is 1.